The summed E-state index contributed by atoms with van der Waals surface area (Å²) in [7, 11) is 0. The average Bonchev–Trinajstić information content (AvgIpc) is 3.30. The van der Waals surface area contributed by atoms with Crippen LogP contribution in [0.3, 0.4) is 0 Å². The van der Waals surface area contributed by atoms with Crippen molar-refractivity contribution in [3.8, 4) is 11.5 Å². The minimum Gasteiger partial charge on any atom is -0.494 e. The van der Waals surface area contributed by atoms with E-state index in [1.54, 1.807) is 11.3 Å². The molecule has 0 aliphatic heterocycles. The summed E-state index contributed by atoms with van der Waals surface area (Å²) in [6, 6.07) is 10.5. The standard InChI is InChI=1S/C30H44O2S/c1-4-7-9-11-13-15-23-31-27-18-22-30(32-24-16-14-12-10-8-5-2)26(25-27)17-19-29-21-20-28(6-3)33-29/h6,17-22,25H,3-5,7-16,23-24H2,1-2H3/b19-17-. The molecule has 0 radical (unpaired) electrons. The van der Waals surface area contributed by atoms with Gasteiger partial charge in [0.05, 0.1) is 13.2 Å². The van der Waals surface area contributed by atoms with Gasteiger partial charge in [-0.05, 0) is 55.3 Å². The fraction of sp³-hybridized carbons (Fsp3) is 0.533. The van der Waals surface area contributed by atoms with Crippen molar-refractivity contribution in [1.29, 1.82) is 0 Å². The van der Waals surface area contributed by atoms with Crippen LogP contribution in [0.1, 0.15) is 106 Å². The van der Waals surface area contributed by atoms with Gasteiger partial charge < -0.3 is 9.47 Å². The van der Waals surface area contributed by atoms with Gasteiger partial charge in [-0.3, -0.25) is 0 Å². The molecule has 0 atom stereocenters. The molecule has 0 spiro atoms. The lowest BCUT2D eigenvalue weighted by atomic mass is 10.1. The van der Waals surface area contributed by atoms with Crippen molar-refractivity contribution < 1.29 is 9.47 Å². The van der Waals surface area contributed by atoms with E-state index >= 15 is 0 Å². The molecule has 1 aromatic heterocycles. The molecule has 2 aromatic rings. The molecule has 0 amide bonds. The van der Waals surface area contributed by atoms with Gasteiger partial charge in [0.2, 0.25) is 0 Å². The van der Waals surface area contributed by atoms with Crippen molar-refractivity contribution in [3.63, 3.8) is 0 Å². The fourth-order valence-corrected chi connectivity index (χ4v) is 4.52. The van der Waals surface area contributed by atoms with E-state index in [1.807, 2.05) is 12.1 Å². The topological polar surface area (TPSA) is 18.5 Å². The van der Waals surface area contributed by atoms with Crippen molar-refractivity contribution in [3.05, 3.63) is 52.2 Å². The minimum atomic E-state index is 0.768. The number of benzene rings is 1. The summed E-state index contributed by atoms with van der Waals surface area (Å²) in [5.41, 5.74) is 1.08. The Labute approximate surface area is 206 Å². The van der Waals surface area contributed by atoms with Crippen LogP contribution in [0.15, 0.2) is 36.9 Å². The quantitative estimate of drug-likeness (QED) is 0.191. The Kier molecular flexibility index (Phi) is 14.4. The summed E-state index contributed by atoms with van der Waals surface area (Å²) < 4.78 is 12.2. The fourth-order valence-electron chi connectivity index (χ4n) is 3.75. The number of rotatable bonds is 19. The van der Waals surface area contributed by atoms with E-state index < -0.39 is 0 Å². The van der Waals surface area contributed by atoms with Gasteiger partial charge in [-0.25, -0.2) is 0 Å². The molecule has 0 fully saturated rings. The van der Waals surface area contributed by atoms with E-state index in [1.165, 1.54) is 74.0 Å². The van der Waals surface area contributed by atoms with Gasteiger partial charge in [0, 0.05) is 15.3 Å². The minimum absolute atomic E-state index is 0.768. The monoisotopic (exact) mass is 468 g/mol. The number of hydrogen-bond donors (Lipinski definition) is 0. The molecular formula is C30H44O2S. The summed E-state index contributed by atoms with van der Waals surface area (Å²) in [6.07, 6.45) is 21.5. The highest BCUT2D eigenvalue weighted by molar-refractivity contribution is 7.13. The first-order valence-corrected chi connectivity index (χ1v) is 13.9. The van der Waals surface area contributed by atoms with E-state index in [9.17, 15) is 0 Å². The second-order valence-electron chi connectivity index (χ2n) is 8.71. The molecule has 0 N–H and O–H groups in total. The lowest BCUT2D eigenvalue weighted by Gasteiger charge is -2.12. The summed E-state index contributed by atoms with van der Waals surface area (Å²) >= 11 is 1.74. The molecule has 0 saturated carbocycles. The third-order valence-corrected chi connectivity index (χ3v) is 6.83. The van der Waals surface area contributed by atoms with Gasteiger partial charge in [0.15, 0.2) is 0 Å². The second kappa shape index (κ2) is 17.5. The highest BCUT2D eigenvalue weighted by Crippen LogP contribution is 2.28. The van der Waals surface area contributed by atoms with Crippen molar-refractivity contribution in [2.45, 2.75) is 90.9 Å². The van der Waals surface area contributed by atoms with Crippen molar-refractivity contribution >= 4 is 29.6 Å². The molecule has 1 aromatic carbocycles. The van der Waals surface area contributed by atoms with Crippen LogP contribution in [0.2, 0.25) is 0 Å². The van der Waals surface area contributed by atoms with E-state index in [0.29, 0.717) is 0 Å². The van der Waals surface area contributed by atoms with Crippen LogP contribution < -0.4 is 9.47 Å². The number of hydrogen-bond acceptors (Lipinski definition) is 3. The third kappa shape index (κ3) is 11.6. The maximum absolute atomic E-state index is 6.17. The normalized spacial score (nSPS) is 11.2. The van der Waals surface area contributed by atoms with Crippen molar-refractivity contribution in [2.75, 3.05) is 13.2 Å². The smallest absolute Gasteiger partial charge is 0.126 e. The van der Waals surface area contributed by atoms with Crippen LogP contribution in [0.25, 0.3) is 18.2 Å². The molecule has 0 unspecified atom stereocenters. The van der Waals surface area contributed by atoms with Gasteiger partial charge in [-0.1, -0.05) is 90.7 Å². The first kappa shape index (κ1) is 27.2. The first-order valence-electron chi connectivity index (χ1n) is 13.1. The van der Waals surface area contributed by atoms with Crippen LogP contribution >= 0.6 is 11.3 Å². The molecule has 0 saturated heterocycles. The maximum atomic E-state index is 6.17. The maximum Gasteiger partial charge on any atom is 0.126 e. The predicted octanol–water partition coefficient (Wildman–Crippen LogP) is 10.0. The molecule has 3 heteroatoms. The number of ether oxygens (including phenoxy) is 2. The molecule has 0 aliphatic carbocycles. The van der Waals surface area contributed by atoms with E-state index in [-0.39, 0.29) is 0 Å². The molecule has 1 heterocycles. The molecule has 2 rings (SSSR count). The molecular weight excluding hydrogens is 424 g/mol. The highest BCUT2D eigenvalue weighted by atomic mass is 32.1. The molecule has 182 valence electrons. The van der Waals surface area contributed by atoms with Crippen LogP contribution in [-0.4, -0.2) is 13.2 Å². The van der Waals surface area contributed by atoms with Gasteiger partial charge in [-0.15, -0.1) is 11.3 Å². The van der Waals surface area contributed by atoms with Crippen molar-refractivity contribution in [2.24, 2.45) is 0 Å². The Balaban J connectivity index is 1.92. The molecule has 0 bridgehead atoms. The zero-order valence-corrected chi connectivity index (χ0v) is 21.8. The van der Waals surface area contributed by atoms with E-state index in [2.05, 4.69) is 56.8 Å². The van der Waals surface area contributed by atoms with E-state index in [0.717, 1.165) is 43.1 Å². The van der Waals surface area contributed by atoms with Crippen LogP contribution in [-0.2, 0) is 0 Å². The largest absolute Gasteiger partial charge is 0.494 e. The second-order valence-corrected chi connectivity index (χ2v) is 9.86. The van der Waals surface area contributed by atoms with Gasteiger partial charge in [0.25, 0.3) is 0 Å². The Hall–Kier alpha value is -2.00. The zero-order chi connectivity index (χ0) is 23.6. The molecule has 33 heavy (non-hydrogen) atoms. The molecule has 2 nitrogen and oxygen atoms in total. The summed E-state index contributed by atoms with van der Waals surface area (Å²) in [4.78, 5) is 2.40. The Morgan fingerprint density at radius 3 is 1.94 bits per heavy atom. The Bertz CT molecular complexity index is 805. The lowest BCUT2D eigenvalue weighted by molar-refractivity contribution is 0.296. The number of thiophene rings is 1. The first-order chi connectivity index (χ1) is 16.3. The highest BCUT2D eigenvalue weighted by Gasteiger charge is 2.05. The lowest BCUT2D eigenvalue weighted by Crippen LogP contribution is -2.01. The van der Waals surface area contributed by atoms with Crippen molar-refractivity contribution in [1.82, 2.24) is 0 Å². The van der Waals surface area contributed by atoms with Gasteiger partial charge in [-0.2, -0.15) is 0 Å². The summed E-state index contributed by atoms with van der Waals surface area (Å²) in [5, 5.41) is 0. The third-order valence-electron chi connectivity index (χ3n) is 5.78. The van der Waals surface area contributed by atoms with Crippen LogP contribution in [0, 0.1) is 0 Å². The summed E-state index contributed by atoms with van der Waals surface area (Å²) in [6.45, 7) is 9.92. The molecule has 0 aliphatic rings. The Morgan fingerprint density at radius 1 is 0.697 bits per heavy atom. The SMILES string of the molecule is C=Cc1ccc(/C=C\c2cc(OCCCCCCCC)ccc2OCCCCCCCC)s1. The predicted molar refractivity (Wildman–Crippen MR) is 148 cm³/mol. The zero-order valence-electron chi connectivity index (χ0n) is 21.0. The van der Waals surface area contributed by atoms with Crippen LogP contribution in [0.4, 0.5) is 0 Å². The van der Waals surface area contributed by atoms with Gasteiger partial charge in [0.1, 0.15) is 11.5 Å². The summed E-state index contributed by atoms with van der Waals surface area (Å²) in [5.74, 6) is 1.86. The van der Waals surface area contributed by atoms with Crippen LogP contribution in [0.5, 0.6) is 11.5 Å². The number of unbranched alkanes of at least 4 members (excludes halogenated alkanes) is 10. The van der Waals surface area contributed by atoms with E-state index in [4.69, 9.17) is 9.47 Å². The average molecular weight is 469 g/mol. The van der Waals surface area contributed by atoms with Gasteiger partial charge >= 0.3 is 0 Å². The Morgan fingerprint density at radius 2 is 1.30 bits per heavy atom.